The van der Waals surface area contributed by atoms with Gasteiger partial charge >= 0.3 is 0 Å². The summed E-state index contributed by atoms with van der Waals surface area (Å²) in [7, 11) is 2.03. The average molecular weight is 891 g/mol. The molecule has 14 aromatic rings. The highest BCUT2D eigenvalue weighted by Gasteiger charge is 2.16. The van der Waals surface area contributed by atoms with E-state index in [1.165, 1.54) is 70.2 Å². The summed E-state index contributed by atoms with van der Waals surface area (Å²) in [6.07, 6.45) is 1.86. The quantitative estimate of drug-likeness (QED) is 0.156. The first-order valence-corrected chi connectivity index (χ1v) is 23.9. The molecule has 0 saturated heterocycles. The molecular formula is C66H42N4. The smallest absolute Gasteiger partial charge is 0.0955 e. The van der Waals surface area contributed by atoms with Crippen LogP contribution in [-0.2, 0) is 7.05 Å². The van der Waals surface area contributed by atoms with Crippen molar-refractivity contribution in [1.29, 1.82) is 0 Å². The topological polar surface area (TPSA) is 43.6 Å². The fourth-order valence-electron chi connectivity index (χ4n) is 10.9. The highest BCUT2D eigenvalue weighted by atomic mass is 15.0. The number of aromatic nitrogens is 4. The van der Waals surface area contributed by atoms with Crippen LogP contribution in [0.1, 0.15) is 0 Å². The first-order valence-electron chi connectivity index (χ1n) is 23.9. The molecule has 11 aromatic carbocycles. The predicted octanol–water partition coefficient (Wildman–Crippen LogP) is 17.3. The number of fused-ring (bicyclic) bond motifs is 13. The van der Waals surface area contributed by atoms with Gasteiger partial charge in [0.2, 0.25) is 0 Å². The van der Waals surface area contributed by atoms with Crippen LogP contribution in [0.2, 0.25) is 0 Å². The highest BCUT2D eigenvalue weighted by Crippen LogP contribution is 2.42. The van der Waals surface area contributed by atoms with Gasteiger partial charge in [0.15, 0.2) is 0 Å². The number of aryl methyl sites for hydroxylation is 1. The van der Waals surface area contributed by atoms with Crippen LogP contribution in [0.15, 0.2) is 237 Å². The van der Waals surface area contributed by atoms with Gasteiger partial charge in [-0.2, -0.15) is 0 Å². The third kappa shape index (κ3) is 6.57. The molecule has 0 atom stereocenters. The Morgan fingerprint density at radius 3 is 1.24 bits per heavy atom. The van der Waals surface area contributed by atoms with Gasteiger partial charge in [0.1, 0.15) is 0 Å². The summed E-state index contributed by atoms with van der Waals surface area (Å²) in [5.74, 6) is 0. The van der Waals surface area contributed by atoms with E-state index >= 15 is 0 Å². The van der Waals surface area contributed by atoms with Gasteiger partial charge in [-0.25, -0.2) is 15.0 Å². The minimum Gasteiger partial charge on any atom is -0.334 e. The standard InChI is InChI=1S/C66H42N4/c1-70-40-67-63-32-28-47(39-66(63)70)62-24-12-23-61(68-62)45-26-31-57-58-34-44(25-29-55(58)52-20-8-10-22-54(52)60(57)35-45)42-15-11-16-43(33-42)48-37-64(41-13-3-2-4-14-41)69-65(38-48)46-27-30-56-51-19-6-5-17-49(51)50-18-7-9-21-53(50)59(56)36-46/h2-40H,1H3. The van der Waals surface area contributed by atoms with Crippen LogP contribution in [0.5, 0.6) is 0 Å². The molecule has 4 nitrogen and oxygen atoms in total. The summed E-state index contributed by atoms with van der Waals surface area (Å²) in [5, 5.41) is 14.9. The van der Waals surface area contributed by atoms with E-state index in [4.69, 9.17) is 9.97 Å². The molecule has 0 amide bonds. The van der Waals surface area contributed by atoms with Gasteiger partial charge in [0, 0.05) is 29.3 Å². The number of imidazole rings is 1. The van der Waals surface area contributed by atoms with Crippen molar-refractivity contribution in [3.63, 3.8) is 0 Å². The van der Waals surface area contributed by atoms with Gasteiger partial charge in [-0.15, -0.1) is 0 Å². The lowest BCUT2D eigenvalue weighted by molar-refractivity contribution is 0.948. The molecule has 0 N–H and O–H groups in total. The predicted molar refractivity (Wildman–Crippen MR) is 294 cm³/mol. The number of hydrogen-bond donors (Lipinski definition) is 0. The van der Waals surface area contributed by atoms with E-state index in [2.05, 4.69) is 240 Å². The molecule has 0 radical (unpaired) electrons. The number of rotatable bonds is 6. The molecule has 0 bridgehead atoms. The second-order valence-corrected chi connectivity index (χ2v) is 18.5. The van der Waals surface area contributed by atoms with Crippen molar-refractivity contribution in [2.24, 2.45) is 7.05 Å². The minimum atomic E-state index is 0.937. The molecule has 14 rings (SSSR count). The van der Waals surface area contributed by atoms with Crippen molar-refractivity contribution in [2.45, 2.75) is 0 Å². The molecule has 3 heterocycles. The Hall–Kier alpha value is -9.25. The van der Waals surface area contributed by atoms with E-state index in [1.54, 1.807) is 0 Å². The summed E-state index contributed by atoms with van der Waals surface area (Å²) in [6.45, 7) is 0. The van der Waals surface area contributed by atoms with Crippen molar-refractivity contribution in [3.8, 4) is 67.3 Å². The normalized spacial score (nSPS) is 11.8. The third-order valence-electron chi connectivity index (χ3n) is 14.4. The number of nitrogens with zero attached hydrogens (tertiary/aromatic N) is 4. The van der Waals surface area contributed by atoms with Crippen molar-refractivity contribution < 1.29 is 0 Å². The van der Waals surface area contributed by atoms with Gasteiger partial charge in [-0.3, -0.25) is 0 Å². The summed E-state index contributed by atoms with van der Waals surface area (Å²) in [4.78, 5) is 15.1. The van der Waals surface area contributed by atoms with Crippen LogP contribution in [0, 0.1) is 0 Å². The van der Waals surface area contributed by atoms with Crippen molar-refractivity contribution in [2.75, 3.05) is 0 Å². The van der Waals surface area contributed by atoms with Gasteiger partial charge in [-0.05, 0) is 148 Å². The van der Waals surface area contributed by atoms with Crippen LogP contribution in [0.3, 0.4) is 0 Å². The van der Waals surface area contributed by atoms with Gasteiger partial charge in [0.25, 0.3) is 0 Å². The molecular weight excluding hydrogens is 849 g/mol. The Balaban J connectivity index is 0.882. The molecule has 0 saturated carbocycles. The highest BCUT2D eigenvalue weighted by molar-refractivity contribution is 6.27. The molecule has 4 heteroatoms. The Bertz CT molecular complexity index is 4400. The maximum atomic E-state index is 5.36. The van der Waals surface area contributed by atoms with Gasteiger partial charge in [0.05, 0.1) is 40.1 Å². The average Bonchev–Trinajstić information content (AvgIpc) is 3.82. The second kappa shape index (κ2) is 15.9. The SMILES string of the molecule is Cn1cnc2ccc(-c3cccc(-c4ccc5c6cc(-c7cccc(-c8cc(-c9ccccc9)nc(-c9ccc%10c%11ccccc%11c%11ccccc%11c%10c9)c8)c7)ccc6c6ccccc6c5c4)n3)cc21. The van der Waals surface area contributed by atoms with Crippen molar-refractivity contribution >= 4 is 75.7 Å². The lowest BCUT2D eigenvalue weighted by atomic mass is 9.90. The summed E-state index contributed by atoms with van der Waals surface area (Å²) in [5.41, 5.74) is 14.7. The van der Waals surface area contributed by atoms with Gasteiger partial charge < -0.3 is 4.57 Å². The monoisotopic (exact) mass is 890 g/mol. The Labute approximate surface area is 404 Å². The number of hydrogen-bond acceptors (Lipinski definition) is 3. The van der Waals surface area contributed by atoms with E-state index < -0.39 is 0 Å². The summed E-state index contributed by atoms with van der Waals surface area (Å²) >= 11 is 0. The molecule has 0 spiro atoms. The molecule has 3 aromatic heterocycles. The zero-order valence-electron chi connectivity index (χ0n) is 38.3. The summed E-state index contributed by atoms with van der Waals surface area (Å²) in [6, 6.07) is 83.7. The third-order valence-corrected chi connectivity index (χ3v) is 14.4. The lowest BCUT2D eigenvalue weighted by Crippen LogP contribution is -1.92. The fourth-order valence-corrected chi connectivity index (χ4v) is 10.9. The zero-order chi connectivity index (χ0) is 46.3. The van der Waals surface area contributed by atoms with Gasteiger partial charge in [-0.1, -0.05) is 170 Å². The largest absolute Gasteiger partial charge is 0.334 e. The van der Waals surface area contributed by atoms with Crippen molar-refractivity contribution in [3.05, 3.63) is 237 Å². The molecule has 0 unspecified atom stereocenters. The maximum Gasteiger partial charge on any atom is 0.0955 e. The number of benzene rings is 11. The van der Waals surface area contributed by atoms with E-state index in [1.807, 2.05) is 13.4 Å². The molecule has 0 aliphatic heterocycles. The molecule has 0 aliphatic carbocycles. The second-order valence-electron chi connectivity index (χ2n) is 18.5. The van der Waals surface area contributed by atoms with E-state index in [0.29, 0.717) is 0 Å². The maximum absolute atomic E-state index is 5.36. The van der Waals surface area contributed by atoms with Crippen LogP contribution in [0.25, 0.3) is 143 Å². The minimum absolute atomic E-state index is 0.937. The Kier molecular flexibility index (Phi) is 9.08. The Morgan fingerprint density at radius 1 is 0.257 bits per heavy atom. The zero-order valence-corrected chi connectivity index (χ0v) is 38.3. The number of pyridine rings is 2. The molecule has 70 heavy (non-hydrogen) atoms. The summed E-state index contributed by atoms with van der Waals surface area (Å²) < 4.78 is 2.05. The van der Waals surface area contributed by atoms with Crippen LogP contribution < -0.4 is 0 Å². The van der Waals surface area contributed by atoms with Crippen LogP contribution in [0.4, 0.5) is 0 Å². The first kappa shape index (κ1) is 39.9. The van der Waals surface area contributed by atoms with Crippen molar-refractivity contribution in [1.82, 2.24) is 19.5 Å². The Morgan fingerprint density at radius 2 is 0.643 bits per heavy atom. The van der Waals surface area contributed by atoms with E-state index in [-0.39, 0.29) is 0 Å². The molecule has 0 fully saturated rings. The van der Waals surface area contributed by atoms with E-state index in [9.17, 15) is 0 Å². The van der Waals surface area contributed by atoms with Crippen LogP contribution in [-0.4, -0.2) is 19.5 Å². The molecule has 0 aliphatic rings. The van der Waals surface area contributed by atoms with Crippen LogP contribution >= 0.6 is 0 Å². The lowest BCUT2D eigenvalue weighted by Gasteiger charge is -2.15. The molecule has 326 valence electrons. The fraction of sp³-hybridized carbons (Fsp3) is 0.0152. The first-order chi connectivity index (χ1) is 34.6. The van der Waals surface area contributed by atoms with E-state index in [0.717, 1.165) is 72.8 Å².